The van der Waals surface area contributed by atoms with E-state index >= 15 is 0 Å². The van der Waals surface area contributed by atoms with Gasteiger partial charge in [-0.15, -0.1) is 0 Å². The van der Waals surface area contributed by atoms with Gasteiger partial charge in [0.2, 0.25) is 0 Å². The first kappa shape index (κ1) is 10.9. The van der Waals surface area contributed by atoms with Crippen molar-refractivity contribution in [3.05, 3.63) is 30.0 Å². The largest absolute Gasteiger partial charge is 0.383 e. The number of nitrogens with zero attached hydrogens (tertiary/aromatic N) is 1. The molecule has 0 spiro atoms. The molecule has 1 aliphatic carbocycles. The van der Waals surface area contributed by atoms with E-state index < -0.39 is 0 Å². The Morgan fingerprint density at radius 2 is 2.12 bits per heavy atom. The molecular weight excluding hydrogens is 200 g/mol. The molecule has 0 aliphatic heterocycles. The molecule has 84 valence electrons. The molecule has 16 heavy (non-hydrogen) atoms. The summed E-state index contributed by atoms with van der Waals surface area (Å²) in [6.07, 6.45) is 4.85. The molecule has 0 fully saturated rings. The van der Waals surface area contributed by atoms with Gasteiger partial charge in [0, 0.05) is 18.2 Å². The van der Waals surface area contributed by atoms with Gasteiger partial charge < -0.3 is 5.73 Å². The lowest BCUT2D eigenvalue weighted by atomic mass is 9.75. The minimum atomic E-state index is 0.0173. The predicted octanol–water partition coefficient (Wildman–Crippen LogP) is 2.44. The van der Waals surface area contributed by atoms with Gasteiger partial charge >= 0.3 is 0 Å². The summed E-state index contributed by atoms with van der Waals surface area (Å²) < 4.78 is 0. The van der Waals surface area contributed by atoms with Gasteiger partial charge in [0.15, 0.2) is 5.78 Å². The molecule has 1 heterocycles. The van der Waals surface area contributed by atoms with E-state index in [1.54, 1.807) is 12.3 Å². The Labute approximate surface area is 95.4 Å². The zero-order chi connectivity index (χ0) is 11.8. The average Bonchev–Trinajstić information content (AvgIpc) is 2.15. The number of hydrogen-bond acceptors (Lipinski definition) is 3. The molecule has 2 N–H and O–H groups in total. The van der Waals surface area contributed by atoms with E-state index in [1.807, 2.05) is 12.1 Å². The second-order valence-corrected chi connectivity index (χ2v) is 5.09. The van der Waals surface area contributed by atoms with E-state index in [0.717, 1.165) is 17.6 Å². The van der Waals surface area contributed by atoms with Gasteiger partial charge in [0.25, 0.3) is 0 Å². The zero-order valence-electron chi connectivity index (χ0n) is 9.66. The maximum Gasteiger partial charge on any atom is 0.156 e. The lowest BCUT2D eigenvalue weighted by Crippen LogP contribution is -2.21. The highest BCUT2D eigenvalue weighted by Gasteiger charge is 2.28. The Morgan fingerprint density at radius 3 is 2.75 bits per heavy atom. The number of carbonyl (C=O) groups is 1. The average molecular weight is 216 g/mol. The summed E-state index contributed by atoms with van der Waals surface area (Å²) in [5, 5.41) is 0. The van der Waals surface area contributed by atoms with Gasteiger partial charge in [-0.3, -0.25) is 4.79 Å². The smallest absolute Gasteiger partial charge is 0.156 e. The fraction of sp³-hybridized carbons (Fsp3) is 0.385. The second kappa shape index (κ2) is 3.74. The molecular formula is C13H16N2O. The van der Waals surface area contributed by atoms with E-state index in [-0.39, 0.29) is 11.2 Å². The SMILES string of the molecule is CC1(C)CC(=O)C=C(c2cccnc2N)C1. The Bertz CT molecular complexity index is 461. The monoisotopic (exact) mass is 216 g/mol. The first-order chi connectivity index (χ1) is 7.48. The van der Waals surface area contributed by atoms with Crippen molar-refractivity contribution < 1.29 is 4.79 Å². The van der Waals surface area contributed by atoms with Crippen LogP contribution >= 0.6 is 0 Å². The van der Waals surface area contributed by atoms with Crippen LogP contribution < -0.4 is 5.73 Å². The Morgan fingerprint density at radius 1 is 1.38 bits per heavy atom. The molecule has 0 saturated heterocycles. The molecule has 0 atom stereocenters. The van der Waals surface area contributed by atoms with Crippen molar-refractivity contribution in [3.63, 3.8) is 0 Å². The third-order valence-corrected chi connectivity index (χ3v) is 2.84. The Kier molecular flexibility index (Phi) is 2.54. The summed E-state index contributed by atoms with van der Waals surface area (Å²) in [5.74, 6) is 0.675. The van der Waals surface area contributed by atoms with E-state index in [4.69, 9.17) is 5.73 Å². The van der Waals surface area contributed by atoms with Crippen molar-refractivity contribution >= 4 is 17.2 Å². The number of hydrogen-bond donors (Lipinski definition) is 1. The van der Waals surface area contributed by atoms with Crippen molar-refractivity contribution in [1.29, 1.82) is 0 Å². The highest BCUT2D eigenvalue weighted by Crippen LogP contribution is 2.38. The van der Waals surface area contributed by atoms with Crippen molar-refractivity contribution in [2.24, 2.45) is 5.41 Å². The fourth-order valence-electron chi connectivity index (χ4n) is 2.21. The second-order valence-electron chi connectivity index (χ2n) is 5.09. The quantitative estimate of drug-likeness (QED) is 0.784. The Balaban J connectivity index is 2.42. The van der Waals surface area contributed by atoms with Crippen LogP contribution in [0.4, 0.5) is 5.82 Å². The standard InChI is InChI=1S/C13H16N2O/c1-13(2)7-9(6-10(16)8-13)11-4-3-5-15-12(11)14/h3-6H,7-8H2,1-2H3,(H2,14,15). The van der Waals surface area contributed by atoms with E-state index in [2.05, 4.69) is 18.8 Å². The van der Waals surface area contributed by atoms with E-state index in [9.17, 15) is 4.79 Å². The number of rotatable bonds is 1. The highest BCUT2D eigenvalue weighted by molar-refractivity contribution is 6.00. The van der Waals surface area contributed by atoms with Crippen LogP contribution in [0.15, 0.2) is 24.4 Å². The summed E-state index contributed by atoms with van der Waals surface area (Å²) in [7, 11) is 0. The van der Waals surface area contributed by atoms with Crippen molar-refractivity contribution in [2.45, 2.75) is 26.7 Å². The third kappa shape index (κ3) is 2.13. The number of nitrogen functional groups attached to an aromatic ring is 1. The Hall–Kier alpha value is -1.64. The maximum absolute atomic E-state index is 11.6. The summed E-state index contributed by atoms with van der Waals surface area (Å²) in [4.78, 5) is 15.7. The molecule has 0 unspecified atom stereocenters. The molecule has 1 aromatic heterocycles. The highest BCUT2D eigenvalue weighted by atomic mass is 16.1. The molecule has 0 saturated carbocycles. The molecule has 0 amide bonds. The summed E-state index contributed by atoms with van der Waals surface area (Å²) in [5.41, 5.74) is 7.74. The van der Waals surface area contributed by atoms with Gasteiger partial charge in [0.1, 0.15) is 5.82 Å². The molecule has 3 nitrogen and oxygen atoms in total. The summed E-state index contributed by atoms with van der Waals surface area (Å²) in [6.45, 7) is 4.20. The molecule has 0 radical (unpaired) electrons. The lowest BCUT2D eigenvalue weighted by molar-refractivity contribution is -0.116. The number of pyridine rings is 1. The lowest BCUT2D eigenvalue weighted by Gasteiger charge is -2.29. The van der Waals surface area contributed by atoms with Crippen molar-refractivity contribution in [1.82, 2.24) is 4.98 Å². The number of nitrogens with two attached hydrogens (primary N) is 1. The van der Waals surface area contributed by atoms with Crippen LogP contribution in [0, 0.1) is 5.41 Å². The molecule has 1 aliphatic rings. The zero-order valence-corrected chi connectivity index (χ0v) is 9.66. The molecule has 0 bridgehead atoms. The minimum Gasteiger partial charge on any atom is -0.383 e. The molecule has 1 aromatic rings. The van der Waals surface area contributed by atoms with Gasteiger partial charge in [-0.25, -0.2) is 4.98 Å². The normalized spacial score (nSPS) is 19.4. The molecule has 3 heteroatoms. The van der Waals surface area contributed by atoms with Gasteiger partial charge in [-0.1, -0.05) is 13.8 Å². The fourth-order valence-corrected chi connectivity index (χ4v) is 2.21. The first-order valence-corrected chi connectivity index (χ1v) is 5.42. The number of ketones is 1. The van der Waals surface area contributed by atoms with Crippen LogP contribution in [0.25, 0.3) is 5.57 Å². The predicted molar refractivity (Wildman–Crippen MR) is 64.6 cm³/mol. The topological polar surface area (TPSA) is 56.0 Å². The first-order valence-electron chi connectivity index (χ1n) is 5.42. The van der Waals surface area contributed by atoms with Gasteiger partial charge in [-0.2, -0.15) is 0 Å². The molecule has 0 aromatic carbocycles. The number of allylic oxidation sites excluding steroid dienone is 2. The summed E-state index contributed by atoms with van der Waals surface area (Å²) >= 11 is 0. The van der Waals surface area contributed by atoms with Crippen LogP contribution in [0.2, 0.25) is 0 Å². The van der Waals surface area contributed by atoms with Crippen LogP contribution in [0.5, 0.6) is 0 Å². The van der Waals surface area contributed by atoms with Crippen molar-refractivity contribution in [2.75, 3.05) is 5.73 Å². The van der Waals surface area contributed by atoms with E-state index in [0.29, 0.717) is 12.2 Å². The molecule has 2 rings (SSSR count). The van der Waals surface area contributed by atoms with E-state index in [1.165, 1.54) is 0 Å². The van der Waals surface area contributed by atoms with Gasteiger partial charge in [0.05, 0.1) is 0 Å². The van der Waals surface area contributed by atoms with Gasteiger partial charge in [-0.05, 0) is 35.6 Å². The van der Waals surface area contributed by atoms with Crippen LogP contribution in [0.1, 0.15) is 32.3 Å². The van der Waals surface area contributed by atoms with Crippen LogP contribution in [0.3, 0.4) is 0 Å². The van der Waals surface area contributed by atoms with Crippen LogP contribution in [-0.2, 0) is 4.79 Å². The minimum absolute atomic E-state index is 0.0173. The number of aromatic nitrogens is 1. The third-order valence-electron chi connectivity index (χ3n) is 2.84. The maximum atomic E-state index is 11.6. The summed E-state index contributed by atoms with van der Waals surface area (Å²) in [6, 6.07) is 3.77. The van der Waals surface area contributed by atoms with Crippen LogP contribution in [-0.4, -0.2) is 10.8 Å². The van der Waals surface area contributed by atoms with Crippen molar-refractivity contribution in [3.8, 4) is 0 Å². The number of carbonyl (C=O) groups excluding carboxylic acids is 1. The number of anilines is 1.